The molecule has 0 N–H and O–H groups in total. The van der Waals surface area contributed by atoms with Gasteiger partial charge in [0.15, 0.2) is 0 Å². The van der Waals surface area contributed by atoms with Gasteiger partial charge in [0.1, 0.15) is 11.4 Å². The summed E-state index contributed by atoms with van der Waals surface area (Å²) in [5.41, 5.74) is 2.70. The average Bonchev–Trinajstić information content (AvgIpc) is 3.16. The number of hydrogen-bond acceptors (Lipinski definition) is 3. The maximum absolute atomic E-state index is 13.1. The molecule has 1 amide bonds. The van der Waals surface area contributed by atoms with E-state index in [4.69, 9.17) is 27.9 Å². The van der Waals surface area contributed by atoms with Crippen LogP contribution in [0.4, 0.5) is 0 Å². The number of carbonyl (C=O) groups is 1. The predicted molar refractivity (Wildman–Crippen MR) is 113 cm³/mol. The fourth-order valence-corrected chi connectivity index (χ4v) is 3.22. The van der Waals surface area contributed by atoms with Crippen molar-refractivity contribution >= 4 is 29.1 Å². The van der Waals surface area contributed by atoms with Crippen molar-refractivity contribution in [2.24, 2.45) is 0 Å². The van der Waals surface area contributed by atoms with Crippen LogP contribution in [0.1, 0.15) is 24.3 Å². The Morgan fingerprint density at radius 3 is 2.29 bits per heavy atom. The van der Waals surface area contributed by atoms with Gasteiger partial charge in [0.25, 0.3) is 5.91 Å². The van der Waals surface area contributed by atoms with E-state index in [9.17, 15) is 4.79 Å². The minimum atomic E-state index is -0.0941. The molecule has 0 atom stereocenters. The van der Waals surface area contributed by atoms with Gasteiger partial charge in [-0.1, -0.05) is 23.2 Å². The molecule has 0 aliphatic carbocycles. The predicted octanol–water partition coefficient (Wildman–Crippen LogP) is 5.34. The Bertz CT molecular complexity index is 980. The van der Waals surface area contributed by atoms with Crippen LogP contribution in [0.5, 0.6) is 5.75 Å². The Morgan fingerprint density at radius 2 is 1.71 bits per heavy atom. The van der Waals surface area contributed by atoms with Crippen LogP contribution >= 0.6 is 23.2 Å². The molecule has 7 heteroatoms. The van der Waals surface area contributed by atoms with E-state index in [1.54, 1.807) is 41.0 Å². The van der Waals surface area contributed by atoms with Gasteiger partial charge >= 0.3 is 0 Å². The number of nitrogens with zero attached hydrogens (tertiary/aromatic N) is 3. The molecule has 3 aromatic rings. The Kier molecular flexibility index (Phi) is 6.27. The maximum Gasteiger partial charge on any atom is 0.272 e. The van der Waals surface area contributed by atoms with Crippen LogP contribution in [0.25, 0.3) is 16.9 Å². The summed E-state index contributed by atoms with van der Waals surface area (Å²) in [6, 6.07) is 14.5. The second-order valence-electron chi connectivity index (χ2n) is 6.13. The number of benzene rings is 2. The van der Waals surface area contributed by atoms with Gasteiger partial charge in [-0.3, -0.25) is 4.79 Å². The van der Waals surface area contributed by atoms with Crippen LogP contribution in [-0.2, 0) is 0 Å². The molecule has 2 aromatic carbocycles. The standard InChI is InChI=1S/C21H21Cl2N3O2/c1-4-25(5-2)21(27)20-13-19(14-6-9-16(28-3)10-7-14)24-26(20)15-8-11-17(22)18(23)12-15/h6-13H,4-5H2,1-3H3. The summed E-state index contributed by atoms with van der Waals surface area (Å²) < 4.78 is 6.83. The lowest BCUT2D eigenvalue weighted by Gasteiger charge is -2.19. The molecule has 0 saturated carbocycles. The lowest BCUT2D eigenvalue weighted by atomic mass is 10.1. The molecule has 0 spiro atoms. The SMILES string of the molecule is CCN(CC)C(=O)c1cc(-c2ccc(OC)cc2)nn1-c1ccc(Cl)c(Cl)c1. The molecule has 0 radical (unpaired) electrons. The third kappa shape index (κ3) is 4.01. The molecule has 0 aliphatic rings. The highest BCUT2D eigenvalue weighted by Gasteiger charge is 2.21. The van der Waals surface area contributed by atoms with Crippen LogP contribution in [0.3, 0.4) is 0 Å². The third-order valence-electron chi connectivity index (χ3n) is 4.51. The van der Waals surface area contributed by atoms with Crippen LogP contribution in [0, 0.1) is 0 Å². The molecule has 0 saturated heterocycles. The quantitative estimate of drug-likeness (QED) is 0.543. The molecule has 3 rings (SSSR count). The first-order valence-electron chi connectivity index (χ1n) is 8.97. The van der Waals surface area contributed by atoms with E-state index in [2.05, 4.69) is 5.10 Å². The lowest BCUT2D eigenvalue weighted by molar-refractivity contribution is 0.0764. The van der Waals surface area contributed by atoms with Gasteiger partial charge in [0, 0.05) is 18.7 Å². The Labute approximate surface area is 174 Å². The Morgan fingerprint density at radius 1 is 1.04 bits per heavy atom. The number of carbonyl (C=O) groups excluding carboxylic acids is 1. The highest BCUT2D eigenvalue weighted by Crippen LogP contribution is 2.28. The van der Waals surface area contributed by atoms with Crippen LogP contribution in [-0.4, -0.2) is 40.8 Å². The van der Waals surface area contributed by atoms with Crippen LogP contribution in [0.2, 0.25) is 10.0 Å². The molecule has 0 unspecified atom stereocenters. The van der Waals surface area contributed by atoms with Crippen molar-refractivity contribution < 1.29 is 9.53 Å². The molecular weight excluding hydrogens is 397 g/mol. The fraction of sp³-hybridized carbons (Fsp3) is 0.238. The van der Waals surface area contributed by atoms with Gasteiger partial charge in [-0.05, 0) is 62.4 Å². The number of ether oxygens (including phenoxy) is 1. The number of aromatic nitrogens is 2. The Balaban J connectivity index is 2.13. The van der Waals surface area contributed by atoms with Gasteiger partial charge in [-0.15, -0.1) is 0 Å². The van der Waals surface area contributed by atoms with E-state index in [0.29, 0.717) is 40.2 Å². The van der Waals surface area contributed by atoms with Gasteiger partial charge in [0.2, 0.25) is 0 Å². The first kappa shape index (κ1) is 20.2. The Hall–Kier alpha value is -2.50. The zero-order valence-electron chi connectivity index (χ0n) is 15.9. The topological polar surface area (TPSA) is 47.4 Å². The normalized spacial score (nSPS) is 10.8. The largest absolute Gasteiger partial charge is 0.497 e. The van der Waals surface area contributed by atoms with Crippen LogP contribution < -0.4 is 4.74 Å². The molecule has 0 fully saturated rings. The molecule has 0 bridgehead atoms. The summed E-state index contributed by atoms with van der Waals surface area (Å²) in [7, 11) is 1.62. The average molecular weight is 418 g/mol. The number of halogens is 2. The van der Waals surface area contributed by atoms with E-state index < -0.39 is 0 Å². The van der Waals surface area contributed by atoms with Crippen LogP contribution in [0.15, 0.2) is 48.5 Å². The van der Waals surface area contributed by atoms with Crippen molar-refractivity contribution in [3.63, 3.8) is 0 Å². The molecule has 146 valence electrons. The van der Waals surface area contributed by atoms with Gasteiger partial charge in [-0.25, -0.2) is 4.68 Å². The number of rotatable bonds is 6. The molecule has 0 aliphatic heterocycles. The first-order valence-corrected chi connectivity index (χ1v) is 9.73. The number of methoxy groups -OCH3 is 1. The zero-order chi connectivity index (χ0) is 20.3. The lowest BCUT2D eigenvalue weighted by Crippen LogP contribution is -2.32. The summed E-state index contributed by atoms with van der Waals surface area (Å²) in [6.07, 6.45) is 0. The summed E-state index contributed by atoms with van der Waals surface area (Å²) >= 11 is 12.2. The number of amides is 1. The summed E-state index contributed by atoms with van der Waals surface area (Å²) in [5, 5.41) is 5.53. The van der Waals surface area contributed by atoms with Crippen molar-refractivity contribution in [2.45, 2.75) is 13.8 Å². The van der Waals surface area contributed by atoms with E-state index in [1.807, 2.05) is 38.1 Å². The van der Waals surface area contributed by atoms with Gasteiger partial charge in [0.05, 0.1) is 28.5 Å². The second-order valence-corrected chi connectivity index (χ2v) is 6.95. The van der Waals surface area contributed by atoms with E-state index in [1.165, 1.54) is 0 Å². The minimum absolute atomic E-state index is 0.0941. The minimum Gasteiger partial charge on any atom is -0.497 e. The summed E-state index contributed by atoms with van der Waals surface area (Å²) in [6.45, 7) is 5.12. The molecule has 1 heterocycles. The molecular formula is C21H21Cl2N3O2. The van der Waals surface area contributed by atoms with Gasteiger partial charge in [-0.2, -0.15) is 5.10 Å². The number of hydrogen-bond donors (Lipinski definition) is 0. The van der Waals surface area contributed by atoms with E-state index in [0.717, 1.165) is 11.3 Å². The molecule has 28 heavy (non-hydrogen) atoms. The summed E-state index contributed by atoms with van der Waals surface area (Å²) in [4.78, 5) is 14.8. The maximum atomic E-state index is 13.1. The highest BCUT2D eigenvalue weighted by atomic mass is 35.5. The van der Waals surface area contributed by atoms with Gasteiger partial charge < -0.3 is 9.64 Å². The monoisotopic (exact) mass is 417 g/mol. The van der Waals surface area contributed by atoms with Crippen molar-refractivity contribution in [1.82, 2.24) is 14.7 Å². The smallest absolute Gasteiger partial charge is 0.272 e. The summed E-state index contributed by atoms with van der Waals surface area (Å²) in [5.74, 6) is 0.662. The zero-order valence-corrected chi connectivity index (χ0v) is 17.5. The van der Waals surface area contributed by atoms with E-state index in [-0.39, 0.29) is 5.91 Å². The van der Waals surface area contributed by atoms with Crippen molar-refractivity contribution in [3.05, 3.63) is 64.3 Å². The first-order chi connectivity index (χ1) is 13.5. The van der Waals surface area contributed by atoms with Crippen molar-refractivity contribution in [2.75, 3.05) is 20.2 Å². The molecule has 5 nitrogen and oxygen atoms in total. The second kappa shape index (κ2) is 8.67. The van der Waals surface area contributed by atoms with Crippen molar-refractivity contribution in [1.29, 1.82) is 0 Å². The molecule has 1 aromatic heterocycles. The van der Waals surface area contributed by atoms with Crippen molar-refractivity contribution in [3.8, 4) is 22.7 Å². The highest BCUT2D eigenvalue weighted by molar-refractivity contribution is 6.42. The fourth-order valence-electron chi connectivity index (χ4n) is 2.92. The third-order valence-corrected chi connectivity index (χ3v) is 5.25. The van der Waals surface area contributed by atoms with E-state index >= 15 is 0 Å².